The van der Waals surface area contributed by atoms with Gasteiger partial charge in [0, 0.05) is 11.1 Å². The highest BCUT2D eigenvalue weighted by atomic mass is 28.3. The van der Waals surface area contributed by atoms with Gasteiger partial charge in [-0.25, -0.2) is 0 Å². The lowest BCUT2D eigenvalue weighted by Crippen LogP contribution is -2.39. The smallest absolute Gasteiger partial charge is 0.0656 e. The lowest BCUT2D eigenvalue weighted by atomic mass is 9.88. The van der Waals surface area contributed by atoms with Gasteiger partial charge in [0.15, 0.2) is 0 Å². The third kappa shape index (κ3) is 3.92. The molecule has 1 heteroatoms. The van der Waals surface area contributed by atoms with Crippen molar-refractivity contribution in [3.63, 3.8) is 0 Å². The molecule has 0 aliphatic rings. The molecule has 190 valence electrons. The zero-order valence-electron chi connectivity index (χ0n) is 23.1. The molecular weight excluding hydrogens is 497 g/mol. The zero-order chi connectivity index (χ0) is 27.3. The van der Waals surface area contributed by atoms with E-state index in [0.29, 0.717) is 0 Å². The van der Waals surface area contributed by atoms with Gasteiger partial charge < -0.3 is 0 Å². The quantitative estimate of drug-likeness (QED) is 0.119. The molecule has 0 aliphatic carbocycles. The lowest BCUT2D eigenvalue weighted by molar-refractivity contribution is 1.66. The highest BCUT2D eigenvalue weighted by molar-refractivity contribution is 6.92. The Bertz CT molecular complexity index is 2020. The molecule has 0 saturated carbocycles. The highest BCUT2D eigenvalue weighted by Crippen LogP contribution is 2.39. The Balaban J connectivity index is 1.59. The van der Waals surface area contributed by atoms with Gasteiger partial charge in [-0.2, -0.15) is 0 Å². The second-order valence-electron chi connectivity index (χ2n) is 11.5. The first-order valence-electron chi connectivity index (χ1n) is 14.0. The average molecular weight is 527 g/mol. The fraction of sp³-hybridized carbons (Fsp3) is 0.0769. The van der Waals surface area contributed by atoms with Crippen molar-refractivity contribution in [2.45, 2.75) is 19.6 Å². The van der Waals surface area contributed by atoms with Gasteiger partial charge in [-0.3, -0.25) is 0 Å². The Labute approximate surface area is 236 Å². The molecule has 7 aromatic carbocycles. The topological polar surface area (TPSA) is 0 Å². The summed E-state index contributed by atoms with van der Waals surface area (Å²) in [7, 11) is -1.63. The van der Waals surface area contributed by atoms with E-state index in [2.05, 4.69) is 159 Å². The largest absolute Gasteiger partial charge is 0.0792 e. The van der Waals surface area contributed by atoms with Gasteiger partial charge in [-0.1, -0.05) is 159 Å². The monoisotopic (exact) mass is 526 g/mol. The van der Waals surface area contributed by atoms with Crippen molar-refractivity contribution in [1.29, 1.82) is 0 Å². The molecule has 0 saturated heterocycles. The minimum atomic E-state index is -1.63. The van der Waals surface area contributed by atoms with E-state index in [4.69, 9.17) is 0 Å². The van der Waals surface area contributed by atoms with Gasteiger partial charge in [-0.15, -0.1) is 0 Å². The molecule has 0 nitrogen and oxygen atoms in total. The second kappa shape index (κ2) is 9.52. The van der Waals surface area contributed by atoms with Crippen molar-refractivity contribution >= 4 is 56.4 Å². The van der Waals surface area contributed by atoms with Gasteiger partial charge in [0.05, 0.1) is 8.07 Å². The summed E-state index contributed by atoms with van der Waals surface area (Å²) >= 11 is 0. The van der Waals surface area contributed by atoms with Crippen LogP contribution >= 0.6 is 0 Å². The summed E-state index contributed by atoms with van der Waals surface area (Å²) in [5, 5.41) is 11.6. The number of rotatable bonds is 2. The molecule has 0 aliphatic heterocycles. The highest BCUT2D eigenvalue weighted by Gasteiger charge is 2.24. The maximum atomic E-state index is 3.73. The molecule has 0 heterocycles. The third-order valence-electron chi connectivity index (χ3n) is 7.99. The number of hydrogen-bond acceptors (Lipinski definition) is 0. The fourth-order valence-corrected chi connectivity index (χ4v) is 8.43. The van der Waals surface area contributed by atoms with Crippen molar-refractivity contribution in [1.82, 2.24) is 0 Å². The van der Waals surface area contributed by atoms with Crippen LogP contribution in [-0.2, 0) is 0 Å². The molecule has 0 radical (unpaired) electrons. The summed E-state index contributed by atoms with van der Waals surface area (Å²) in [4.78, 5) is 0. The predicted molar refractivity (Wildman–Crippen MR) is 177 cm³/mol. The fourth-order valence-electron chi connectivity index (χ4n) is 6.38. The predicted octanol–water partition coefficient (Wildman–Crippen LogP) is 9.91. The van der Waals surface area contributed by atoms with Crippen LogP contribution in [0.5, 0.6) is 0 Å². The maximum absolute atomic E-state index is 3.73. The Hall–Kier alpha value is -4.64. The Morgan fingerprint density at radius 3 is 1.10 bits per heavy atom. The van der Waals surface area contributed by atoms with E-state index in [1.54, 1.807) is 0 Å². The van der Waals surface area contributed by atoms with E-state index in [9.17, 15) is 0 Å². The number of benzene rings is 7. The lowest BCUT2D eigenvalue weighted by Gasteiger charge is -2.23. The molecule has 0 unspecified atom stereocenters. The van der Waals surface area contributed by atoms with Crippen LogP contribution in [0.2, 0.25) is 19.6 Å². The van der Waals surface area contributed by atoms with Crippen LogP contribution < -0.4 is 5.19 Å². The first-order valence-corrected chi connectivity index (χ1v) is 17.5. The van der Waals surface area contributed by atoms with Gasteiger partial charge in [-0.05, 0) is 59.4 Å². The molecule has 0 bridgehead atoms. The Morgan fingerprint density at radius 1 is 0.375 bits per heavy atom. The summed E-state index contributed by atoms with van der Waals surface area (Å²) in [6.07, 6.45) is 0. The van der Waals surface area contributed by atoms with E-state index < -0.39 is 8.07 Å². The third-order valence-corrected chi connectivity index (χ3v) is 10.0. The van der Waals surface area contributed by atoms with Gasteiger partial charge in [0.1, 0.15) is 0 Å². The molecule has 0 amide bonds. The van der Waals surface area contributed by atoms with Crippen LogP contribution in [0.4, 0.5) is 0 Å². The summed E-state index contributed by atoms with van der Waals surface area (Å²) in [5.74, 6) is 7.46. The van der Waals surface area contributed by atoms with E-state index in [1.165, 1.54) is 59.4 Å². The van der Waals surface area contributed by atoms with Gasteiger partial charge >= 0.3 is 0 Å². The van der Waals surface area contributed by atoms with Crippen molar-refractivity contribution in [2.24, 2.45) is 0 Å². The summed E-state index contributed by atoms with van der Waals surface area (Å²) in [6, 6.07) is 45.9. The summed E-state index contributed by atoms with van der Waals surface area (Å²) in [6.45, 7) is 7.33. The first-order chi connectivity index (χ1) is 19.5. The molecule has 40 heavy (non-hydrogen) atoms. The molecule has 0 fully saturated rings. The van der Waals surface area contributed by atoms with E-state index in [1.807, 2.05) is 0 Å². The number of fused-ring (bicyclic) bond motifs is 4. The van der Waals surface area contributed by atoms with Crippen molar-refractivity contribution in [2.75, 3.05) is 0 Å². The van der Waals surface area contributed by atoms with Gasteiger partial charge in [0.25, 0.3) is 0 Å². The van der Waals surface area contributed by atoms with Crippen molar-refractivity contribution < 1.29 is 0 Å². The average Bonchev–Trinajstić information content (AvgIpc) is 2.98. The molecule has 0 N–H and O–H groups in total. The SMILES string of the molecule is C[Si](C)(C)c1c2ccccc2c(C#Cc2c3ccccc3c(-c3ccccc3)c3ccccc23)c2ccccc12. The molecular formula is C39H30Si. The molecule has 7 aromatic rings. The maximum Gasteiger partial charge on any atom is 0.0792 e. The van der Waals surface area contributed by atoms with Crippen LogP contribution in [0.15, 0.2) is 127 Å². The second-order valence-corrected chi connectivity index (χ2v) is 16.5. The van der Waals surface area contributed by atoms with E-state index >= 15 is 0 Å². The Kier molecular flexibility index (Phi) is 5.81. The van der Waals surface area contributed by atoms with Crippen LogP contribution in [0.1, 0.15) is 11.1 Å². The van der Waals surface area contributed by atoms with Crippen LogP contribution in [0.3, 0.4) is 0 Å². The van der Waals surface area contributed by atoms with E-state index in [0.717, 1.165) is 11.1 Å². The van der Waals surface area contributed by atoms with Crippen LogP contribution in [-0.4, -0.2) is 8.07 Å². The minimum Gasteiger partial charge on any atom is -0.0656 e. The summed E-state index contributed by atoms with van der Waals surface area (Å²) < 4.78 is 0. The molecule has 0 atom stereocenters. The standard InChI is InChI=1S/C39H30Si/c1-40(2,3)39-36-23-13-9-19-30(36)33(31-20-10-14-24-37(31)39)26-25-32-28-17-7-11-21-34(28)38(27-15-5-4-6-16-27)35-22-12-8-18-29(32)35/h4-24H,1-3H3. The Morgan fingerprint density at radius 2 is 0.700 bits per heavy atom. The van der Waals surface area contributed by atoms with Crippen LogP contribution in [0.25, 0.3) is 54.2 Å². The van der Waals surface area contributed by atoms with Crippen molar-refractivity contribution in [3.05, 3.63) is 139 Å². The number of hydrogen-bond donors (Lipinski definition) is 0. The minimum absolute atomic E-state index is 1.09. The molecule has 7 rings (SSSR count). The molecule has 0 spiro atoms. The van der Waals surface area contributed by atoms with Crippen LogP contribution in [0, 0.1) is 11.8 Å². The van der Waals surface area contributed by atoms with Crippen molar-refractivity contribution in [3.8, 4) is 23.0 Å². The normalized spacial score (nSPS) is 11.7. The first kappa shape index (κ1) is 24.4. The van der Waals surface area contributed by atoms with E-state index in [-0.39, 0.29) is 0 Å². The zero-order valence-corrected chi connectivity index (χ0v) is 24.1. The molecule has 0 aromatic heterocycles. The van der Waals surface area contributed by atoms with Gasteiger partial charge in [0.2, 0.25) is 0 Å². The summed E-state index contributed by atoms with van der Waals surface area (Å²) in [5.41, 5.74) is 4.71.